The van der Waals surface area contributed by atoms with Crippen LogP contribution in [0, 0.1) is 38.9 Å². The normalized spacial score (nSPS) is 53.1. The van der Waals surface area contributed by atoms with Crippen molar-refractivity contribution in [1.29, 1.82) is 0 Å². The van der Waals surface area contributed by atoms with Crippen LogP contribution in [0.4, 0.5) is 0 Å². The van der Waals surface area contributed by atoms with Gasteiger partial charge in [-0.15, -0.1) is 18.3 Å². The first-order chi connectivity index (χ1) is 16.7. The predicted octanol–water partition coefficient (Wildman–Crippen LogP) is 3.87. The lowest BCUT2D eigenvalue weighted by atomic mass is 9.52. The fourth-order valence-electron chi connectivity index (χ4n) is 10.0. The number of thioether (sulfide) groups is 1. The second-order valence-corrected chi connectivity index (χ2v) is 15.0. The van der Waals surface area contributed by atoms with Crippen molar-refractivity contribution in [2.75, 3.05) is 5.75 Å². The number of hydrogen-bond donors (Lipinski definition) is 3. The number of Topliss-reactive ketones (excluding diaryl/α,β-unsaturated/α-hetero) is 1. The Morgan fingerprint density at radius 2 is 1.92 bits per heavy atom. The van der Waals surface area contributed by atoms with Crippen molar-refractivity contribution < 1.29 is 24.5 Å². The second kappa shape index (κ2) is 8.30. The lowest BCUT2D eigenvalue weighted by Gasteiger charge is -2.55. The third kappa shape index (κ3) is 3.15. The number of nitrogens with two attached hydrogens (primary N) is 1. The predicted molar refractivity (Wildman–Crippen MR) is 141 cm³/mol. The van der Waals surface area contributed by atoms with Crippen LogP contribution in [0.1, 0.15) is 79.6 Å². The van der Waals surface area contributed by atoms with Gasteiger partial charge >= 0.3 is 5.97 Å². The van der Waals surface area contributed by atoms with Crippen molar-refractivity contribution in [3.8, 4) is 0 Å². The van der Waals surface area contributed by atoms with Gasteiger partial charge in [-0.2, -0.15) is 0 Å². The number of aliphatic hydroxyl groups excluding tert-OH is 2. The molecule has 1 unspecified atom stereocenters. The summed E-state index contributed by atoms with van der Waals surface area (Å²) in [5, 5.41) is 22.3. The minimum atomic E-state index is -0.701. The summed E-state index contributed by atoms with van der Waals surface area (Å²) in [6.45, 7) is 14.9. The molecule has 0 radical (unpaired) electrons. The molecule has 0 aromatic rings. The highest BCUT2D eigenvalue weighted by molar-refractivity contribution is 8.00. The molecule has 5 rings (SSSR count). The summed E-state index contributed by atoms with van der Waals surface area (Å²) < 4.78 is 6.35. The van der Waals surface area contributed by atoms with Crippen molar-refractivity contribution in [3.05, 3.63) is 12.7 Å². The Morgan fingerprint density at radius 1 is 1.22 bits per heavy atom. The van der Waals surface area contributed by atoms with Crippen LogP contribution < -0.4 is 5.73 Å². The molecule has 6 nitrogen and oxygen atoms in total. The fraction of sp³-hybridized carbons (Fsp3) is 0.862. The monoisotopic (exact) mass is 519 g/mol. The molecular formula is C29H45NO5S. The van der Waals surface area contributed by atoms with Gasteiger partial charge < -0.3 is 20.7 Å². The molecule has 0 aliphatic heterocycles. The zero-order valence-electron chi connectivity index (χ0n) is 22.6. The van der Waals surface area contributed by atoms with Crippen molar-refractivity contribution in [2.24, 2.45) is 44.6 Å². The Kier molecular flexibility index (Phi) is 6.16. The van der Waals surface area contributed by atoms with E-state index >= 15 is 0 Å². The molecular weight excluding hydrogens is 474 g/mol. The van der Waals surface area contributed by atoms with Gasteiger partial charge in [0.25, 0.3) is 0 Å². The van der Waals surface area contributed by atoms with Gasteiger partial charge in [0.1, 0.15) is 11.9 Å². The van der Waals surface area contributed by atoms with Gasteiger partial charge in [0.15, 0.2) is 0 Å². The van der Waals surface area contributed by atoms with Gasteiger partial charge in [0.2, 0.25) is 0 Å². The SMILES string of the molecule is C=C[C@]1(C)C[C@@H](OC(=O)CS[C@@H]2CC[C@@H](N)C[C@H]2O)[C@]2(C)C(C)C[C@@]34C(=O)CC[C@]3([C@H]24)C(C)(C)[C@@H]1O. The van der Waals surface area contributed by atoms with E-state index in [-0.39, 0.29) is 45.7 Å². The summed E-state index contributed by atoms with van der Waals surface area (Å²) in [6, 6.07) is 0.0233. The molecule has 202 valence electrons. The number of esters is 1. The van der Waals surface area contributed by atoms with Crippen molar-refractivity contribution in [2.45, 2.75) is 109 Å². The molecule has 2 spiro atoms. The van der Waals surface area contributed by atoms with E-state index in [2.05, 4.69) is 34.3 Å². The first kappa shape index (κ1) is 26.7. The van der Waals surface area contributed by atoms with Crippen LogP contribution >= 0.6 is 11.8 Å². The minimum Gasteiger partial charge on any atom is -0.461 e. The topological polar surface area (TPSA) is 110 Å². The van der Waals surface area contributed by atoms with E-state index in [9.17, 15) is 19.8 Å². The Balaban J connectivity index is 1.45. The van der Waals surface area contributed by atoms with Crippen LogP contribution in [-0.4, -0.2) is 57.3 Å². The molecule has 0 saturated heterocycles. The summed E-state index contributed by atoms with van der Waals surface area (Å²) in [7, 11) is 0. The first-order valence-corrected chi connectivity index (χ1v) is 14.9. The van der Waals surface area contributed by atoms with Gasteiger partial charge in [-0.1, -0.05) is 40.7 Å². The Morgan fingerprint density at radius 3 is 2.56 bits per heavy atom. The van der Waals surface area contributed by atoms with Crippen LogP contribution in [0.2, 0.25) is 0 Å². The zero-order chi connectivity index (χ0) is 26.5. The molecule has 5 saturated carbocycles. The highest BCUT2D eigenvalue weighted by atomic mass is 32.2. The van der Waals surface area contributed by atoms with E-state index in [4.69, 9.17) is 10.5 Å². The molecule has 4 N–H and O–H groups in total. The molecule has 11 atom stereocenters. The lowest BCUT2D eigenvalue weighted by Crippen LogP contribution is -2.57. The molecule has 0 aromatic carbocycles. The zero-order valence-corrected chi connectivity index (χ0v) is 23.4. The summed E-state index contributed by atoms with van der Waals surface area (Å²) >= 11 is 1.46. The quantitative estimate of drug-likeness (QED) is 0.374. The number of carbonyl (C=O) groups is 2. The Hall–Kier alpha value is -0.890. The maximum absolute atomic E-state index is 13.5. The number of ketones is 1. The van der Waals surface area contributed by atoms with E-state index < -0.39 is 34.6 Å². The van der Waals surface area contributed by atoms with Crippen LogP contribution in [0.25, 0.3) is 0 Å². The fourth-order valence-corrected chi connectivity index (χ4v) is 11.1. The molecule has 0 bridgehead atoms. The third-order valence-corrected chi connectivity index (χ3v) is 13.4. The standard InChI is InChI=1S/C29H45NO5S/c1-7-26(5)14-21(35-22(33)15-36-19-9-8-17(30)12-18(19)31)27(6)16(2)13-28-20(32)10-11-29(28,23(27)28)25(3,4)24(26)34/h7,16-19,21,23-24,31,34H,1,8-15,30H2,2-6H3/t16?,17-,18-,19-,21-,23-,24+,26-,27+,28+,29+/m1/s1. The molecule has 7 heteroatoms. The third-order valence-electron chi connectivity index (χ3n) is 12.0. The van der Waals surface area contributed by atoms with Crippen molar-refractivity contribution in [1.82, 2.24) is 0 Å². The molecule has 5 aliphatic carbocycles. The average molecular weight is 520 g/mol. The molecule has 0 amide bonds. The second-order valence-electron chi connectivity index (χ2n) is 13.8. The van der Waals surface area contributed by atoms with Crippen LogP contribution in [0.3, 0.4) is 0 Å². The highest BCUT2D eigenvalue weighted by Crippen LogP contribution is 2.93. The number of ether oxygens (including phenoxy) is 1. The van der Waals surface area contributed by atoms with E-state index in [1.54, 1.807) is 0 Å². The highest BCUT2D eigenvalue weighted by Gasteiger charge is 2.94. The van der Waals surface area contributed by atoms with E-state index in [1.807, 2.05) is 13.0 Å². The number of hydrogen-bond acceptors (Lipinski definition) is 7. The molecule has 0 heterocycles. The first-order valence-electron chi connectivity index (χ1n) is 13.8. The number of carbonyl (C=O) groups excluding carboxylic acids is 2. The maximum atomic E-state index is 13.5. The smallest absolute Gasteiger partial charge is 0.316 e. The minimum absolute atomic E-state index is 0.0105. The van der Waals surface area contributed by atoms with E-state index in [0.29, 0.717) is 25.0 Å². The number of rotatable bonds is 5. The van der Waals surface area contributed by atoms with Gasteiger partial charge in [-0.05, 0) is 61.2 Å². The van der Waals surface area contributed by atoms with E-state index in [1.165, 1.54) is 11.8 Å². The van der Waals surface area contributed by atoms with Crippen LogP contribution in [0.15, 0.2) is 12.7 Å². The van der Waals surface area contributed by atoms with Gasteiger partial charge in [-0.25, -0.2) is 0 Å². The summed E-state index contributed by atoms with van der Waals surface area (Å²) in [4.78, 5) is 26.8. The van der Waals surface area contributed by atoms with E-state index in [0.717, 1.165) is 25.7 Å². The molecule has 5 aliphatic rings. The maximum Gasteiger partial charge on any atom is 0.316 e. The van der Waals surface area contributed by atoms with Gasteiger partial charge in [0.05, 0.1) is 18.0 Å². The molecule has 0 aromatic heterocycles. The number of aliphatic hydroxyl groups is 2. The summed E-state index contributed by atoms with van der Waals surface area (Å²) in [5.41, 5.74) is 3.82. The van der Waals surface area contributed by atoms with Gasteiger partial charge in [-0.3, -0.25) is 9.59 Å². The molecule has 5 fully saturated rings. The summed E-state index contributed by atoms with van der Waals surface area (Å²) in [6.07, 6.45) is 5.10. The molecule has 36 heavy (non-hydrogen) atoms. The summed E-state index contributed by atoms with van der Waals surface area (Å²) in [5.74, 6) is 0.574. The van der Waals surface area contributed by atoms with Crippen molar-refractivity contribution >= 4 is 23.5 Å². The van der Waals surface area contributed by atoms with Crippen LogP contribution in [0.5, 0.6) is 0 Å². The largest absolute Gasteiger partial charge is 0.461 e. The lowest BCUT2D eigenvalue weighted by molar-refractivity contribution is -0.177. The Bertz CT molecular complexity index is 969. The Labute approximate surface area is 220 Å². The van der Waals surface area contributed by atoms with Crippen molar-refractivity contribution in [3.63, 3.8) is 0 Å². The van der Waals surface area contributed by atoms with Crippen LogP contribution in [-0.2, 0) is 14.3 Å². The van der Waals surface area contributed by atoms with Gasteiger partial charge in [0, 0.05) is 34.0 Å². The average Bonchev–Trinajstić information content (AvgIpc) is 3.20.